The van der Waals surface area contributed by atoms with E-state index in [-0.39, 0.29) is 12.5 Å². The average molecular weight is 421 g/mol. The number of rotatable bonds is 7. The molecule has 31 heavy (non-hydrogen) atoms. The SMILES string of the molecule is COc1ccc(CCNC(=O)Cn2ncc3c(=O)oc4ccc(C)cc4c32)cc1OC. The van der Waals surface area contributed by atoms with Gasteiger partial charge in [-0.15, -0.1) is 0 Å². The molecule has 2 heterocycles. The number of carbonyl (C=O) groups is 1. The fourth-order valence-corrected chi connectivity index (χ4v) is 3.59. The molecule has 2 aromatic heterocycles. The van der Waals surface area contributed by atoms with Gasteiger partial charge in [0.15, 0.2) is 11.5 Å². The molecule has 0 saturated heterocycles. The number of nitrogens with zero attached hydrogens (tertiary/aromatic N) is 2. The summed E-state index contributed by atoms with van der Waals surface area (Å²) in [6.45, 7) is 2.41. The Hall–Kier alpha value is -3.81. The van der Waals surface area contributed by atoms with Gasteiger partial charge in [0.2, 0.25) is 5.91 Å². The van der Waals surface area contributed by atoms with Crippen molar-refractivity contribution in [2.45, 2.75) is 19.9 Å². The van der Waals surface area contributed by atoms with Crippen LogP contribution < -0.4 is 20.4 Å². The number of aromatic nitrogens is 2. The zero-order chi connectivity index (χ0) is 22.0. The lowest BCUT2D eigenvalue weighted by Gasteiger charge is -2.10. The highest BCUT2D eigenvalue weighted by Gasteiger charge is 2.15. The Morgan fingerprint density at radius 3 is 2.68 bits per heavy atom. The second kappa shape index (κ2) is 8.51. The average Bonchev–Trinajstić information content (AvgIpc) is 3.18. The third kappa shape index (κ3) is 4.09. The molecule has 0 unspecified atom stereocenters. The molecule has 0 spiro atoms. The van der Waals surface area contributed by atoms with Crippen LogP contribution >= 0.6 is 0 Å². The molecule has 1 N–H and O–H groups in total. The second-order valence-electron chi connectivity index (χ2n) is 7.24. The Morgan fingerprint density at radius 2 is 1.90 bits per heavy atom. The Balaban J connectivity index is 1.49. The lowest BCUT2D eigenvalue weighted by Crippen LogP contribution is -2.29. The van der Waals surface area contributed by atoms with Crippen LogP contribution in [0.15, 0.2) is 51.8 Å². The maximum Gasteiger partial charge on any atom is 0.347 e. The van der Waals surface area contributed by atoms with Crippen LogP contribution in [0.5, 0.6) is 11.5 Å². The maximum atomic E-state index is 12.5. The number of benzene rings is 2. The van der Waals surface area contributed by atoms with E-state index in [1.54, 1.807) is 25.0 Å². The number of nitrogens with one attached hydrogen (secondary N) is 1. The maximum absolute atomic E-state index is 12.5. The molecule has 0 aliphatic rings. The van der Waals surface area contributed by atoms with Crippen LogP contribution in [-0.2, 0) is 17.8 Å². The van der Waals surface area contributed by atoms with E-state index in [2.05, 4.69) is 10.4 Å². The van der Waals surface area contributed by atoms with Crippen molar-refractivity contribution in [1.82, 2.24) is 15.1 Å². The fraction of sp³-hybridized carbons (Fsp3) is 0.261. The summed E-state index contributed by atoms with van der Waals surface area (Å²) in [7, 11) is 3.18. The quantitative estimate of drug-likeness (QED) is 0.461. The van der Waals surface area contributed by atoms with Crippen LogP contribution in [0.4, 0.5) is 0 Å². The molecule has 8 heteroatoms. The van der Waals surface area contributed by atoms with E-state index in [0.717, 1.165) is 16.5 Å². The number of fused-ring (bicyclic) bond motifs is 3. The number of amides is 1. The van der Waals surface area contributed by atoms with E-state index in [1.165, 1.54) is 6.20 Å². The van der Waals surface area contributed by atoms with E-state index in [0.29, 0.717) is 41.0 Å². The van der Waals surface area contributed by atoms with Crippen molar-refractivity contribution in [2.24, 2.45) is 0 Å². The third-order valence-electron chi connectivity index (χ3n) is 5.13. The van der Waals surface area contributed by atoms with E-state index < -0.39 is 5.63 Å². The molecule has 2 aromatic carbocycles. The Morgan fingerprint density at radius 1 is 1.10 bits per heavy atom. The molecular formula is C23H23N3O5. The molecule has 0 radical (unpaired) electrons. The number of ether oxygens (including phenoxy) is 2. The Kier molecular flexibility index (Phi) is 5.62. The smallest absolute Gasteiger partial charge is 0.347 e. The summed E-state index contributed by atoms with van der Waals surface area (Å²) >= 11 is 0. The molecule has 160 valence electrons. The van der Waals surface area contributed by atoms with Crippen LogP contribution in [0.25, 0.3) is 21.9 Å². The van der Waals surface area contributed by atoms with Crippen LogP contribution in [0, 0.1) is 6.92 Å². The minimum atomic E-state index is -0.466. The van der Waals surface area contributed by atoms with Gasteiger partial charge >= 0.3 is 5.63 Å². The highest BCUT2D eigenvalue weighted by atomic mass is 16.5. The zero-order valence-corrected chi connectivity index (χ0v) is 17.6. The van der Waals surface area contributed by atoms with E-state index in [1.807, 2.05) is 37.3 Å². The number of methoxy groups -OCH3 is 2. The molecule has 4 rings (SSSR count). The van der Waals surface area contributed by atoms with Gasteiger partial charge < -0.3 is 19.2 Å². The van der Waals surface area contributed by atoms with Gasteiger partial charge in [-0.05, 0) is 43.2 Å². The molecule has 0 aliphatic carbocycles. The topological polar surface area (TPSA) is 95.6 Å². The predicted molar refractivity (Wildman–Crippen MR) is 117 cm³/mol. The van der Waals surface area contributed by atoms with Gasteiger partial charge in [-0.1, -0.05) is 17.7 Å². The van der Waals surface area contributed by atoms with Crippen LogP contribution in [0.2, 0.25) is 0 Å². The third-order valence-corrected chi connectivity index (χ3v) is 5.13. The van der Waals surface area contributed by atoms with Gasteiger partial charge in [-0.25, -0.2) is 4.79 Å². The standard InChI is InChI=1S/C23H23N3O5/c1-14-4-6-18-16(10-14)22-17(23(28)31-18)12-25-26(22)13-21(27)24-9-8-15-5-7-19(29-2)20(11-15)30-3/h4-7,10-12H,8-9,13H2,1-3H3,(H,24,27). The first-order valence-corrected chi connectivity index (χ1v) is 9.86. The van der Waals surface area contributed by atoms with E-state index in [4.69, 9.17) is 13.9 Å². The number of aryl methyl sites for hydroxylation is 1. The van der Waals surface area contributed by atoms with Crippen LogP contribution in [-0.4, -0.2) is 36.5 Å². The summed E-state index contributed by atoms with van der Waals surface area (Å²) in [5.41, 5.74) is 2.64. The largest absolute Gasteiger partial charge is 0.493 e. The lowest BCUT2D eigenvalue weighted by molar-refractivity contribution is -0.121. The second-order valence-corrected chi connectivity index (χ2v) is 7.24. The lowest BCUT2D eigenvalue weighted by atomic mass is 10.1. The predicted octanol–water partition coefficient (Wildman–Crippen LogP) is 2.83. The molecule has 4 aromatic rings. The monoisotopic (exact) mass is 421 g/mol. The van der Waals surface area contributed by atoms with Crippen molar-refractivity contribution in [1.29, 1.82) is 0 Å². The minimum absolute atomic E-state index is 0.00191. The summed E-state index contributed by atoms with van der Waals surface area (Å²) in [6.07, 6.45) is 2.08. The normalized spacial score (nSPS) is 11.1. The zero-order valence-electron chi connectivity index (χ0n) is 17.6. The molecular weight excluding hydrogens is 398 g/mol. The summed E-state index contributed by atoms with van der Waals surface area (Å²) in [5.74, 6) is 1.11. The molecule has 0 aliphatic heterocycles. The van der Waals surface area contributed by atoms with Crippen molar-refractivity contribution in [3.8, 4) is 11.5 Å². The summed E-state index contributed by atoms with van der Waals surface area (Å²) < 4.78 is 17.5. The molecule has 1 amide bonds. The van der Waals surface area contributed by atoms with E-state index in [9.17, 15) is 9.59 Å². The van der Waals surface area contributed by atoms with Crippen molar-refractivity contribution in [3.63, 3.8) is 0 Å². The number of hydrogen-bond acceptors (Lipinski definition) is 6. The molecule has 0 atom stereocenters. The summed E-state index contributed by atoms with van der Waals surface area (Å²) in [4.78, 5) is 24.8. The minimum Gasteiger partial charge on any atom is -0.493 e. The van der Waals surface area contributed by atoms with Crippen molar-refractivity contribution in [3.05, 3.63) is 64.1 Å². The van der Waals surface area contributed by atoms with Gasteiger partial charge in [0, 0.05) is 11.9 Å². The Bertz CT molecular complexity index is 1320. The van der Waals surface area contributed by atoms with Gasteiger partial charge in [-0.3, -0.25) is 9.48 Å². The number of hydrogen-bond donors (Lipinski definition) is 1. The van der Waals surface area contributed by atoms with Crippen LogP contribution in [0.1, 0.15) is 11.1 Å². The molecule has 0 saturated carbocycles. The summed E-state index contributed by atoms with van der Waals surface area (Å²) in [6, 6.07) is 11.2. The van der Waals surface area contributed by atoms with E-state index >= 15 is 0 Å². The van der Waals surface area contributed by atoms with Crippen molar-refractivity contribution >= 4 is 27.8 Å². The number of carbonyl (C=O) groups excluding carboxylic acids is 1. The molecule has 0 bridgehead atoms. The highest BCUT2D eigenvalue weighted by molar-refractivity contribution is 6.02. The molecule has 0 fully saturated rings. The highest BCUT2D eigenvalue weighted by Crippen LogP contribution is 2.27. The van der Waals surface area contributed by atoms with Gasteiger partial charge in [0.25, 0.3) is 0 Å². The first-order chi connectivity index (χ1) is 15.0. The van der Waals surface area contributed by atoms with Crippen molar-refractivity contribution < 1.29 is 18.7 Å². The molecule has 8 nitrogen and oxygen atoms in total. The van der Waals surface area contributed by atoms with Gasteiger partial charge in [0.05, 0.1) is 25.9 Å². The van der Waals surface area contributed by atoms with Gasteiger partial charge in [-0.2, -0.15) is 5.10 Å². The van der Waals surface area contributed by atoms with Crippen molar-refractivity contribution in [2.75, 3.05) is 20.8 Å². The van der Waals surface area contributed by atoms with Gasteiger partial charge in [0.1, 0.15) is 17.5 Å². The fourth-order valence-electron chi connectivity index (χ4n) is 3.59. The summed E-state index contributed by atoms with van der Waals surface area (Å²) in [5, 5.41) is 8.26. The first kappa shape index (κ1) is 20.5. The Labute approximate surface area is 178 Å². The first-order valence-electron chi connectivity index (χ1n) is 9.86. The van der Waals surface area contributed by atoms with Crippen LogP contribution in [0.3, 0.4) is 0 Å².